The molecule has 0 radical (unpaired) electrons. The minimum Gasteiger partial charge on any atom is -0.460 e. The molecule has 0 aliphatic rings. The van der Waals surface area contributed by atoms with Gasteiger partial charge in [-0.2, -0.15) is 0 Å². The second-order valence-corrected chi connectivity index (χ2v) is 3.58. The Morgan fingerprint density at radius 1 is 1.22 bits per heavy atom. The maximum Gasteiger partial charge on any atom is 0.374 e. The van der Waals surface area contributed by atoms with E-state index in [-0.39, 0.29) is 17.7 Å². The highest BCUT2D eigenvalue weighted by Gasteiger charge is 2.22. The topological polar surface area (TPSA) is 43.4 Å². The first-order valence-electron chi connectivity index (χ1n) is 5.21. The van der Waals surface area contributed by atoms with E-state index in [0.29, 0.717) is 6.07 Å². The molecule has 0 saturated heterocycles. The van der Waals surface area contributed by atoms with Gasteiger partial charge in [0.25, 0.3) is 0 Å². The standard InChI is InChI=1S/C12H11F3O3/c1-3-18-12(17)10(16)4-7-6(2)11(15)9(14)5-8(7)13/h5H,3-4H2,1-2H3. The van der Waals surface area contributed by atoms with Crippen molar-refractivity contribution in [2.45, 2.75) is 20.3 Å². The first-order valence-corrected chi connectivity index (χ1v) is 5.21. The van der Waals surface area contributed by atoms with Gasteiger partial charge in [0.15, 0.2) is 11.6 Å². The Bertz CT molecular complexity index is 498. The summed E-state index contributed by atoms with van der Waals surface area (Å²) in [7, 11) is 0. The monoisotopic (exact) mass is 260 g/mol. The summed E-state index contributed by atoms with van der Waals surface area (Å²) in [5.74, 6) is -5.77. The van der Waals surface area contributed by atoms with Crippen LogP contribution < -0.4 is 0 Å². The van der Waals surface area contributed by atoms with Crippen molar-refractivity contribution in [2.75, 3.05) is 6.61 Å². The van der Waals surface area contributed by atoms with Crippen LogP contribution in [-0.4, -0.2) is 18.4 Å². The number of ether oxygens (including phenoxy) is 1. The van der Waals surface area contributed by atoms with Gasteiger partial charge in [-0.15, -0.1) is 0 Å². The van der Waals surface area contributed by atoms with Crippen LogP contribution in [0, 0.1) is 24.4 Å². The number of hydrogen-bond acceptors (Lipinski definition) is 3. The molecule has 0 aliphatic heterocycles. The van der Waals surface area contributed by atoms with Gasteiger partial charge in [0.2, 0.25) is 5.78 Å². The number of benzene rings is 1. The number of halogens is 3. The van der Waals surface area contributed by atoms with Crippen molar-refractivity contribution < 1.29 is 27.5 Å². The molecule has 0 unspecified atom stereocenters. The number of rotatable bonds is 4. The first-order chi connectivity index (χ1) is 8.38. The van der Waals surface area contributed by atoms with Crippen molar-refractivity contribution >= 4 is 11.8 Å². The lowest BCUT2D eigenvalue weighted by atomic mass is 10.0. The molecule has 0 heterocycles. The average molecular weight is 260 g/mol. The minimum absolute atomic E-state index is 0.00379. The molecule has 0 fully saturated rings. The zero-order valence-electron chi connectivity index (χ0n) is 9.85. The normalized spacial score (nSPS) is 10.3. The zero-order valence-corrected chi connectivity index (χ0v) is 9.85. The van der Waals surface area contributed by atoms with Gasteiger partial charge in [-0.25, -0.2) is 18.0 Å². The van der Waals surface area contributed by atoms with Crippen LogP contribution in [0.2, 0.25) is 0 Å². The Morgan fingerprint density at radius 3 is 2.39 bits per heavy atom. The van der Waals surface area contributed by atoms with E-state index in [1.165, 1.54) is 6.92 Å². The quantitative estimate of drug-likeness (QED) is 0.473. The molecule has 18 heavy (non-hydrogen) atoms. The van der Waals surface area contributed by atoms with Crippen LogP contribution in [0.25, 0.3) is 0 Å². The summed E-state index contributed by atoms with van der Waals surface area (Å²) in [6.07, 6.45) is -0.659. The van der Waals surface area contributed by atoms with Crippen molar-refractivity contribution in [1.82, 2.24) is 0 Å². The SMILES string of the molecule is CCOC(=O)C(=O)Cc1c(F)cc(F)c(F)c1C. The molecule has 0 spiro atoms. The fourth-order valence-corrected chi connectivity index (χ4v) is 1.41. The average Bonchev–Trinajstić information content (AvgIpc) is 2.32. The number of ketones is 1. The van der Waals surface area contributed by atoms with Crippen LogP contribution >= 0.6 is 0 Å². The summed E-state index contributed by atoms with van der Waals surface area (Å²) in [4.78, 5) is 22.4. The third-order valence-electron chi connectivity index (χ3n) is 2.37. The largest absolute Gasteiger partial charge is 0.460 e. The molecule has 0 saturated carbocycles. The van der Waals surface area contributed by atoms with E-state index in [1.54, 1.807) is 0 Å². The van der Waals surface area contributed by atoms with Crippen LogP contribution in [0.15, 0.2) is 6.07 Å². The number of carbonyl (C=O) groups is 2. The molecule has 98 valence electrons. The summed E-state index contributed by atoms with van der Waals surface area (Å²) >= 11 is 0. The molecular formula is C12H11F3O3. The van der Waals surface area contributed by atoms with Gasteiger partial charge in [0.1, 0.15) is 5.82 Å². The molecule has 0 bridgehead atoms. The Kier molecular flexibility index (Phi) is 4.47. The maximum atomic E-state index is 13.4. The second-order valence-electron chi connectivity index (χ2n) is 3.58. The van der Waals surface area contributed by atoms with E-state index >= 15 is 0 Å². The van der Waals surface area contributed by atoms with Crippen LogP contribution in [0.5, 0.6) is 0 Å². The number of esters is 1. The van der Waals surface area contributed by atoms with Gasteiger partial charge in [0.05, 0.1) is 6.61 Å². The Balaban J connectivity index is 3.02. The van der Waals surface area contributed by atoms with Crippen molar-refractivity contribution in [3.63, 3.8) is 0 Å². The molecule has 0 aliphatic carbocycles. The first kappa shape index (κ1) is 14.2. The molecule has 1 rings (SSSR count). The second kappa shape index (κ2) is 5.66. The molecule has 0 N–H and O–H groups in total. The summed E-state index contributed by atoms with van der Waals surface area (Å²) in [6, 6.07) is 0.343. The van der Waals surface area contributed by atoms with Crippen molar-refractivity contribution in [3.8, 4) is 0 Å². The van der Waals surface area contributed by atoms with Crippen LogP contribution in [0.4, 0.5) is 13.2 Å². The summed E-state index contributed by atoms with van der Waals surface area (Å²) in [6.45, 7) is 2.65. The lowest BCUT2D eigenvalue weighted by molar-refractivity contribution is -0.153. The third kappa shape index (κ3) is 2.88. The number of Topliss-reactive ketones (excluding diaryl/α,β-unsaturated/α-hetero) is 1. The van der Waals surface area contributed by atoms with Crippen LogP contribution in [0.3, 0.4) is 0 Å². The molecule has 3 nitrogen and oxygen atoms in total. The van der Waals surface area contributed by atoms with Gasteiger partial charge in [-0.05, 0) is 19.4 Å². The number of hydrogen-bond donors (Lipinski definition) is 0. The predicted octanol–water partition coefficient (Wildman–Crippen LogP) is 2.09. The minimum atomic E-state index is -1.34. The van der Waals surface area contributed by atoms with Gasteiger partial charge >= 0.3 is 5.97 Å². The van der Waals surface area contributed by atoms with E-state index in [0.717, 1.165) is 6.92 Å². The Morgan fingerprint density at radius 2 is 1.83 bits per heavy atom. The number of carbonyl (C=O) groups excluding carboxylic acids is 2. The molecular weight excluding hydrogens is 249 g/mol. The maximum absolute atomic E-state index is 13.4. The van der Waals surface area contributed by atoms with E-state index in [1.807, 2.05) is 0 Å². The van der Waals surface area contributed by atoms with Gasteiger partial charge in [-0.3, -0.25) is 4.79 Å². The van der Waals surface area contributed by atoms with E-state index in [4.69, 9.17) is 0 Å². The summed E-state index contributed by atoms with van der Waals surface area (Å²) in [5.41, 5.74) is -0.669. The van der Waals surface area contributed by atoms with E-state index in [2.05, 4.69) is 4.74 Å². The van der Waals surface area contributed by atoms with Gasteiger partial charge < -0.3 is 4.74 Å². The van der Waals surface area contributed by atoms with E-state index < -0.39 is 35.6 Å². The summed E-state index contributed by atoms with van der Waals surface area (Å²) in [5, 5.41) is 0. The van der Waals surface area contributed by atoms with Crippen LogP contribution in [-0.2, 0) is 20.7 Å². The third-order valence-corrected chi connectivity index (χ3v) is 2.37. The molecule has 0 amide bonds. The molecule has 6 heteroatoms. The Labute approximate surface area is 102 Å². The molecule has 0 atom stereocenters. The summed E-state index contributed by atoms with van der Waals surface area (Å²) < 4.78 is 43.9. The Hall–Kier alpha value is -1.85. The fraction of sp³-hybridized carbons (Fsp3) is 0.333. The highest BCUT2D eigenvalue weighted by Crippen LogP contribution is 2.20. The lowest BCUT2D eigenvalue weighted by Gasteiger charge is -2.08. The van der Waals surface area contributed by atoms with Crippen molar-refractivity contribution in [3.05, 3.63) is 34.6 Å². The molecule has 1 aromatic rings. The molecule has 0 aromatic heterocycles. The highest BCUT2D eigenvalue weighted by atomic mass is 19.2. The van der Waals surface area contributed by atoms with Gasteiger partial charge in [0, 0.05) is 18.1 Å². The van der Waals surface area contributed by atoms with Crippen molar-refractivity contribution in [2.24, 2.45) is 0 Å². The zero-order chi connectivity index (χ0) is 13.9. The fourth-order valence-electron chi connectivity index (χ4n) is 1.41. The van der Waals surface area contributed by atoms with Crippen LogP contribution in [0.1, 0.15) is 18.1 Å². The van der Waals surface area contributed by atoms with Crippen molar-refractivity contribution in [1.29, 1.82) is 0 Å². The van der Waals surface area contributed by atoms with E-state index in [9.17, 15) is 22.8 Å². The smallest absolute Gasteiger partial charge is 0.374 e. The predicted molar refractivity (Wildman–Crippen MR) is 56.4 cm³/mol. The lowest BCUT2D eigenvalue weighted by Crippen LogP contribution is -2.20. The molecule has 1 aromatic carbocycles. The highest BCUT2D eigenvalue weighted by molar-refractivity contribution is 6.34. The van der Waals surface area contributed by atoms with Gasteiger partial charge in [-0.1, -0.05) is 0 Å².